The van der Waals surface area contributed by atoms with Crippen molar-refractivity contribution in [3.8, 4) is 0 Å². The molecule has 0 aromatic heterocycles. The number of rotatable bonds is 9. The van der Waals surface area contributed by atoms with Crippen LogP contribution in [0, 0.1) is 0 Å². The maximum Gasteiger partial charge on any atom is 0.253 e. The maximum atomic E-state index is 11.7. The standard InChI is InChI=1S/C13H19N5O4/c14-13(15)16-6-1-2-9(8-19)17-10(20)5-7-18-11(21)3-4-12(18)22/h3-4,8-9H,1-2,5-7H2,(H,17,20)(H4,14,15,16). The van der Waals surface area contributed by atoms with E-state index in [9.17, 15) is 19.2 Å². The van der Waals surface area contributed by atoms with E-state index in [0.29, 0.717) is 25.7 Å². The summed E-state index contributed by atoms with van der Waals surface area (Å²) in [6, 6.07) is -0.648. The summed E-state index contributed by atoms with van der Waals surface area (Å²) >= 11 is 0. The molecule has 1 atom stereocenters. The van der Waals surface area contributed by atoms with E-state index in [4.69, 9.17) is 11.5 Å². The summed E-state index contributed by atoms with van der Waals surface area (Å²) in [6.07, 6.45) is 3.80. The number of aliphatic imine (C=N–C) groups is 1. The minimum absolute atomic E-state index is 0.0178. The van der Waals surface area contributed by atoms with Gasteiger partial charge in [-0.05, 0) is 12.8 Å². The number of imide groups is 1. The number of nitrogens with two attached hydrogens (primary N) is 2. The Hall–Kier alpha value is -2.71. The molecule has 0 saturated carbocycles. The molecule has 9 nitrogen and oxygen atoms in total. The Balaban J connectivity index is 2.29. The summed E-state index contributed by atoms with van der Waals surface area (Å²) in [5.41, 5.74) is 10.3. The Morgan fingerprint density at radius 1 is 1.32 bits per heavy atom. The third-order valence-corrected chi connectivity index (χ3v) is 2.94. The number of hydrogen-bond acceptors (Lipinski definition) is 5. The average Bonchev–Trinajstić information content (AvgIpc) is 2.78. The van der Waals surface area contributed by atoms with Gasteiger partial charge in [-0.25, -0.2) is 0 Å². The molecule has 0 radical (unpaired) electrons. The van der Waals surface area contributed by atoms with Crippen LogP contribution in [0.2, 0.25) is 0 Å². The first kappa shape index (κ1) is 17.3. The zero-order chi connectivity index (χ0) is 16.5. The number of nitrogens with one attached hydrogen (secondary N) is 1. The van der Waals surface area contributed by atoms with Gasteiger partial charge in [0.05, 0.1) is 6.04 Å². The molecule has 1 rings (SSSR count). The zero-order valence-corrected chi connectivity index (χ0v) is 12.0. The molecule has 0 aliphatic carbocycles. The number of nitrogens with zero attached hydrogens (tertiary/aromatic N) is 2. The number of guanidine groups is 1. The van der Waals surface area contributed by atoms with E-state index in [1.165, 1.54) is 0 Å². The average molecular weight is 309 g/mol. The fraction of sp³-hybridized carbons (Fsp3) is 0.462. The van der Waals surface area contributed by atoms with Gasteiger partial charge in [0.25, 0.3) is 11.8 Å². The maximum absolute atomic E-state index is 11.7. The third kappa shape index (κ3) is 5.73. The molecule has 3 amide bonds. The monoisotopic (exact) mass is 309 g/mol. The summed E-state index contributed by atoms with van der Waals surface area (Å²) in [5, 5.41) is 2.52. The lowest BCUT2D eigenvalue weighted by molar-refractivity contribution is -0.137. The van der Waals surface area contributed by atoms with Crippen molar-refractivity contribution in [1.82, 2.24) is 10.2 Å². The summed E-state index contributed by atoms with van der Waals surface area (Å²) in [7, 11) is 0. The summed E-state index contributed by atoms with van der Waals surface area (Å²) in [5.74, 6) is -1.32. The molecule has 1 aliphatic heterocycles. The molecule has 22 heavy (non-hydrogen) atoms. The van der Waals surface area contributed by atoms with Gasteiger partial charge < -0.3 is 21.6 Å². The van der Waals surface area contributed by atoms with Gasteiger partial charge in [-0.15, -0.1) is 0 Å². The van der Waals surface area contributed by atoms with Crippen molar-refractivity contribution in [3.63, 3.8) is 0 Å². The Kier molecular flexibility index (Phi) is 6.74. The van der Waals surface area contributed by atoms with Crippen LogP contribution >= 0.6 is 0 Å². The topological polar surface area (TPSA) is 148 Å². The molecule has 9 heteroatoms. The Morgan fingerprint density at radius 2 is 1.95 bits per heavy atom. The minimum Gasteiger partial charge on any atom is -0.370 e. The van der Waals surface area contributed by atoms with Crippen LogP contribution in [0.15, 0.2) is 17.1 Å². The summed E-state index contributed by atoms with van der Waals surface area (Å²) in [6.45, 7) is 0.348. The molecule has 1 aliphatic rings. The minimum atomic E-state index is -0.648. The van der Waals surface area contributed by atoms with Crippen LogP contribution in [0.4, 0.5) is 0 Å². The summed E-state index contributed by atoms with van der Waals surface area (Å²) in [4.78, 5) is 50.0. The number of carbonyl (C=O) groups excluding carboxylic acids is 4. The molecule has 0 spiro atoms. The van der Waals surface area contributed by atoms with Gasteiger partial charge in [-0.2, -0.15) is 0 Å². The highest BCUT2D eigenvalue weighted by Crippen LogP contribution is 2.04. The van der Waals surface area contributed by atoms with Crippen LogP contribution in [0.3, 0.4) is 0 Å². The van der Waals surface area contributed by atoms with Crippen molar-refractivity contribution in [2.75, 3.05) is 13.1 Å². The number of hydrogen-bond donors (Lipinski definition) is 3. The quantitative estimate of drug-likeness (QED) is 0.148. The molecule has 120 valence electrons. The molecule has 1 unspecified atom stereocenters. The molecule has 0 bridgehead atoms. The van der Waals surface area contributed by atoms with Crippen LogP contribution in [0.1, 0.15) is 19.3 Å². The zero-order valence-electron chi connectivity index (χ0n) is 12.0. The van der Waals surface area contributed by atoms with Gasteiger partial charge >= 0.3 is 0 Å². The number of aldehydes is 1. The van der Waals surface area contributed by atoms with Crippen molar-refractivity contribution in [1.29, 1.82) is 0 Å². The lowest BCUT2D eigenvalue weighted by atomic mass is 10.1. The molecule has 1 heterocycles. The smallest absolute Gasteiger partial charge is 0.253 e. The lowest BCUT2D eigenvalue weighted by Gasteiger charge is -2.15. The second kappa shape index (κ2) is 8.55. The van der Waals surface area contributed by atoms with Gasteiger partial charge in [-0.3, -0.25) is 24.3 Å². The first-order valence-electron chi connectivity index (χ1n) is 6.77. The fourth-order valence-electron chi connectivity index (χ4n) is 1.84. The van der Waals surface area contributed by atoms with Crippen molar-refractivity contribution >= 4 is 30.0 Å². The van der Waals surface area contributed by atoms with E-state index >= 15 is 0 Å². The summed E-state index contributed by atoms with van der Waals surface area (Å²) < 4.78 is 0. The van der Waals surface area contributed by atoms with E-state index in [0.717, 1.165) is 17.1 Å². The normalized spacial score (nSPS) is 14.8. The molecule has 5 N–H and O–H groups in total. The predicted octanol–water partition coefficient (Wildman–Crippen LogP) is -1.96. The second-order valence-electron chi connectivity index (χ2n) is 4.67. The molecule has 0 aromatic rings. The van der Waals surface area contributed by atoms with Crippen molar-refractivity contribution < 1.29 is 19.2 Å². The van der Waals surface area contributed by atoms with Crippen molar-refractivity contribution in [2.24, 2.45) is 16.5 Å². The number of amides is 3. The Labute approximate surface area is 127 Å². The fourth-order valence-corrected chi connectivity index (χ4v) is 1.84. The van der Waals surface area contributed by atoms with Crippen LogP contribution in [-0.2, 0) is 19.2 Å². The Morgan fingerprint density at radius 3 is 2.50 bits per heavy atom. The van der Waals surface area contributed by atoms with E-state index in [2.05, 4.69) is 10.3 Å². The molecular weight excluding hydrogens is 290 g/mol. The number of carbonyl (C=O) groups is 4. The molecular formula is C13H19N5O4. The Bertz CT molecular complexity index is 493. The van der Waals surface area contributed by atoms with E-state index in [1.807, 2.05) is 0 Å². The molecule has 0 saturated heterocycles. The van der Waals surface area contributed by atoms with Gasteiger partial charge in [-0.1, -0.05) is 0 Å². The van der Waals surface area contributed by atoms with Gasteiger partial charge in [0.2, 0.25) is 5.91 Å². The van der Waals surface area contributed by atoms with E-state index in [-0.39, 0.29) is 18.9 Å². The van der Waals surface area contributed by atoms with Crippen LogP contribution in [0.25, 0.3) is 0 Å². The predicted molar refractivity (Wildman–Crippen MR) is 78.4 cm³/mol. The van der Waals surface area contributed by atoms with Gasteiger partial charge in [0.15, 0.2) is 5.96 Å². The van der Waals surface area contributed by atoms with Crippen LogP contribution in [0.5, 0.6) is 0 Å². The molecule has 0 aromatic carbocycles. The van der Waals surface area contributed by atoms with Gasteiger partial charge in [0, 0.05) is 31.7 Å². The van der Waals surface area contributed by atoms with Crippen LogP contribution < -0.4 is 16.8 Å². The first-order valence-corrected chi connectivity index (χ1v) is 6.77. The largest absolute Gasteiger partial charge is 0.370 e. The lowest BCUT2D eigenvalue weighted by Crippen LogP contribution is -2.39. The van der Waals surface area contributed by atoms with E-state index in [1.54, 1.807) is 0 Å². The SMILES string of the molecule is NC(N)=NCCCC(C=O)NC(=O)CCN1C(=O)C=CC1=O. The second-order valence-corrected chi connectivity index (χ2v) is 4.67. The highest BCUT2D eigenvalue weighted by atomic mass is 16.2. The highest BCUT2D eigenvalue weighted by molar-refractivity contribution is 6.13. The molecule has 0 fully saturated rings. The van der Waals surface area contributed by atoms with Crippen molar-refractivity contribution in [2.45, 2.75) is 25.3 Å². The highest BCUT2D eigenvalue weighted by Gasteiger charge is 2.23. The first-order chi connectivity index (χ1) is 10.4. The van der Waals surface area contributed by atoms with Crippen molar-refractivity contribution in [3.05, 3.63) is 12.2 Å². The van der Waals surface area contributed by atoms with Crippen LogP contribution in [-0.4, -0.2) is 54.0 Å². The third-order valence-electron chi connectivity index (χ3n) is 2.94. The van der Waals surface area contributed by atoms with E-state index < -0.39 is 23.8 Å². The van der Waals surface area contributed by atoms with Gasteiger partial charge in [0.1, 0.15) is 6.29 Å².